The van der Waals surface area contributed by atoms with Crippen molar-refractivity contribution in [2.75, 3.05) is 19.8 Å². The van der Waals surface area contributed by atoms with Crippen LogP contribution in [0, 0.1) is 22.7 Å². The summed E-state index contributed by atoms with van der Waals surface area (Å²) in [4.78, 5) is 25.8. The molecule has 7 nitrogen and oxygen atoms in total. The van der Waals surface area contributed by atoms with Crippen LogP contribution in [0.3, 0.4) is 0 Å². The smallest absolute Gasteiger partial charge is 0.143 e. The number of aliphatic imine (C=N–C) groups is 1. The second-order valence-corrected chi connectivity index (χ2v) is 7.53. The molecule has 136 valence electrons. The lowest BCUT2D eigenvalue weighted by Gasteiger charge is -2.40. The highest BCUT2D eigenvalue weighted by Crippen LogP contribution is 2.46. The number of hydrogen-bond acceptors (Lipinski definition) is 7. The summed E-state index contributed by atoms with van der Waals surface area (Å²) in [6.07, 6.45) is 5.96. The third-order valence-corrected chi connectivity index (χ3v) is 4.81. The largest absolute Gasteiger partial charge is 0.374 e. The third-order valence-electron chi connectivity index (χ3n) is 4.81. The number of nitriles is 1. The van der Waals surface area contributed by atoms with E-state index >= 15 is 0 Å². The summed E-state index contributed by atoms with van der Waals surface area (Å²) in [6, 6.07) is 2.26. The molecule has 2 unspecified atom stereocenters. The second kappa shape index (κ2) is 7.44. The number of carbonyl (C=O) groups is 1. The summed E-state index contributed by atoms with van der Waals surface area (Å²) in [5.41, 5.74) is 7.96. The van der Waals surface area contributed by atoms with Gasteiger partial charge in [0.05, 0.1) is 36.5 Å². The second-order valence-electron chi connectivity index (χ2n) is 7.53. The Balaban J connectivity index is 2.09. The third kappa shape index (κ3) is 3.57. The fourth-order valence-electron chi connectivity index (χ4n) is 3.82. The van der Waals surface area contributed by atoms with Gasteiger partial charge < -0.3 is 10.5 Å². The van der Waals surface area contributed by atoms with Crippen LogP contribution < -0.4 is 5.73 Å². The van der Waals surface area contributed by atoms with Crippen molar-refractivity contribution in [3.8, 4) is 6.07 Å². The van der Waals surface area contributed by atoms with Gasteiger partial charge in [-0.15, -0.1) is 0 Å². The van der Waals surface area contributed by atoms with Crippen LogP contribution in [-0.4, -0.2) is 41.2 Å². The van der Waals surface area contributed by atoms with Gasteiger partial charge >= 0.3 is 0 Å². The van der Waals surface area contributed by atoms with E-state index in [1.54, 1.807) is 12.4 Å². The molecule has 1 saturated carbocycles. The SMILES string of the molecule is CC1(C)CC(=O)C2C(=NC(COCCN)=C(C#N)C2c2cncnc2)C1. The Hall–Kier alpha value is -2.43. The van der Waals surface area contributed by atoms with Gasteiger partial charge in [0.15, 0.2) is 0 Å². The van der Waals surface area contributed by atoms with Gasteiger partial charge in [-0.1, -0.05) is 13.8 Å². The molecule has 1 aliphatic carbocycles. The van der Waals surface area contributed by atoms with E-state index in [9.17, 15) is 10.1 Å². The van der Waals surface area contributed by atoms with E-state index in [4.69, 9.17) is 15.5 Å². The van der Waals surface area contributed by atoms with Crippen LogP contribution in [0.2, 0.25) is 0 Å². The summed E-state index contributed by atoms with van der Waals surface area (Å²) >= 11 is 0. The number of allylic oxidation sites excluding steroid dienone is 1. The van der Waals surface area contributed by atoms with Crippen molar-refractivity contribution in [2.24, 2.45) is 22.1 Å². The van der Waals surface area contributed by atoms with Crippen LogP contribution in [0.25, 0.3) is 0 Å². The Morgan fingerprint density at radius 2 is 2.04 bits per heavy atom. The van der Waals surface area contributed by atoms with Crippen LogP contribution in [0.4, 0.5) is 0 Å². The van der Waals surface area contributed by atoms with Gasteiger partial charge in [0.1, 0.15) is 12.1 Å². The number of hydrogen-bond donors (Lipinski definition) is 1. The lowest BCUT2D eigenvalue weighted by molar-refractivity contribution is -0.124. The molecule has 0 bridgehead atoms. The number of Topliss-reactive ketones (excluding diaryl/α,β-unsaturated/α-hetero) is 1. The number of fused-ring (bicyclic) bond motifs is 1. The first kappa shape index (κ1) is 18.4. The predicted octanol–water partition coefficient (Wildman–Crippen LogP) is 1.77. The van der Waals surface area contributed by atoms with Crippen molar-refractivity contribution in [1.82, 2.24) is 9.97 Å². The molecule has 1 aromatic rings. The average Bonchev–Trinajstić information content (AvgIpc) is 2.60. The zero-order chi connectivity index (χ0) is 18.7. The maximum atomic E-state index is 13.0. The number of carbonyl (C=O) groups excluding carboxylic acids is 1. The highest BCUT2D eigenvalue weighted by atomic mass is 16.5. The molecule has 0 saturated heterocycles. The van der Waals surface area contributed by atoms with Gasteiger partial charge in [-0.25, -0.2) is 9.97 Å². The Kier molecular flexibility index (Phi) is 5.25. The molecular weight excluding hydrogens is 330 g/mol. The van der Waals surface area contributed by atoms with Gasteiger partial charge in [0.25, 0.3) is 0 Å². The molecule has 0 spiro atoms. The molecule has 2 atom stereocenters. The van der Waals surface area contributed by atoms with Gasteiger partial charge in [-0.3, -0.25) is 9.79 Å². The molecule has 2 N–H and O–H groups in total. The first-order valence-electron chi connectivity index (χ1n) is 8.73. The van der Waals surface area contributed by atoms with E-state index in [-0.39, 0.29) is 17.8 Å². The summed E-state index contributed by atoms with van der Waals surface area (Å²) in [5, 5.41) is 9.82. The molecule has 3 rings (SSSR count). The summed E-state index contributed by atoms with van der Waals surface area (Å²) in [5.74, 6) is -0.723. The Morgan fingerprint density at radius 1 is 1.31 bits per heavy atom. The molecular formula is C19H23N5O2. The fourth-order valence-corrected chi connectivity index (χ4v) is 3.82. The molecule has 1 fully saturated rings. The average molecular weight is 353 g/mol. The maximum Gasteiger partial charge on any atom is 0.143 e. The molecule has 1 aromatic heterocycles. The molecule has 2 heterocycles. The van der Waals surface area contributed by atoms with Crippen LogP contribution in [0.5, 0.6) is 0 Å². The van der Waals surface area contributed by atoms with E-state index < -0.39 is 11.8 Å². The van der Waals surface area contributed by atoms with E-state index in [0.29, 0.717) is 37.3 Å². The molecule has 7 heteroatoms. The van der Waals surface area contributed by atoms with Crippen molar-refractivity contribution >= 4 is 11.5 Å². The highest BCUT2D eigenvalue weighted by Gasteiger charge is 2.46. The monoisotopic (exact) mass is 353 g/mol. The molecule has 0 amide bonds. The van der Waals surface area contributed by atoms with Gasteiger partial charge in [0, 0.05) is 37.0 Å². The van der Waals surface area contributed by atoms with Gasteiger partial charge in [-0.05, 0) is 17.4 Å². The summed E-state index contributed by atoms with van der Waals surface area (Å²) < 4.78 is 5.54. The number of aromatic nitrogens is 2. The number of rotatable bonds is 5. The molecule has 0 radical (unpaired) electrons. The highest BCUT2D eigenvalue weighted by molar-refractivity contribution is 6.10. The van der Waals surface area contributed by atoms with E-state index in [1.807, 2.05) is 0 Å². The summed E-state index contributed by atoms with van der Waals surface area (Å²) in [7, 11) is 0. The van der Waals surface area contributed by atoms with Crippen molar-refractivity contribution in [3.05, 3.63) is 35.6 Å². The van der Waals surface area contributed by atoms with E-state index in [1.165, 1.54) is 6.33 Å². The summed E-state index contributed by atoms with van der Waals surface area (Å²) in [6.45, 7) is 5.13. The fraction of sp³-hybridized carbons (Fsp3) is 0.526. The Labute approximate surface area is 153 Å². The molecule has 26 heavy (non-hydrogen) atoms. The number of ketones is 1. The van der Waals surface area contributed by atoms with E-state index in [0.717, 1.165) is 11.3 Å². The van der Waals surface area contributed by atoms with Crippen molar-refractivity contribution < 1.29 is 9.53 Å². The molecule has 2 aliphatic rings. The van der Waals surface area contributed by atoms with Crippen molar-refractivity contribution in [1.29, 1.82) is 5.26 Å². The zero-order valence-corrected chi connectivity index (χ0v) is 15.1. The molecule has 0 aromatic carbocycles. The lowest BCUT2D eigenvalue weighted by atomic mass is 9.64. The van der Waals surface area contributed by atoms with Crippen molar-refractivity contribution in [3.63, 3.8) is 0 Å². The quantitative estimate of drug-likeness (QED) is 0.807. The first-order chi connectivity index (χ1) is 12.5. The first-order valence-corrected chi connectivity index (χ1v) is 8.73. The zero-order valence-electron chi connectivity index (χ0n) is 15.1. The minimum atomic E-state index is -0.429. The van der Waals surface area contributed by atoms with Crippen molar-refractivity contribution in [2.45, 2.75) is 32.6 Å². The van der Waals surface area contributed by atoms with E-state index in [2.05, 4.69) is 29.9 Å². The Bertz CT molecular complexity index is 792. The topological polar surface area (TPSA) is 114 Å². The predicted molar refractivity (Wildman–Crippen MR) is 96.2 cm³/mol. The lowest BCUT2D eigenvalue weighted by Crippen LogP contribution is -2.43. The normalized spacial score (nSPS) is 24.7. The number of nitrogens with zero attached hydrogens (tertiary/aromatic N) is 4. The standard InChI is InChI=1S/C19H23N5O2/c1-19(2)5-14-18(16(25)6-19)17(12-8-22-11-23-9-12)13(7-21)15(24-14)10-26-4-3-20/h8-9,11,17-18H,3-6,10,20H2,1-2H3. The molecule has 1 aliphatic heterocycles. The minimum Gasteiger partial charge on any atom is -0.374 e. The number of nitrogens with two attached hydrogens (primary N) is 1. The van der Waals surface area contributed by atoms with Crippen LogP contribution >= 0.6 is 0 Å². The van der Waals surface area contributed by atoms with Crippen LogP contribution in [0.1, 0.15) is 38.2 Å². The van der Waals surface area contributed by atoms with Crippen LogP contribution in [0.15, 0.2) is 35.0 Å². The van der Waals surface area contributed by atoms with Gasteiger partial charge in [0.2, 0.25) is 0 Å². The number of ether oxygens (including phenoxy) is 1. The van der Waals surface area contributed by atoms with Crippen LogP contribution in [-0.2, 0) is 9.53 Å². The Morgan fingerprint density at radius 3 is 2.69 bits per heavy atom. The maximum absolute atomic E-state index is 13.0. The van der Waals surface area contributed by atoms with Gasteiger partial charge in [-0.2, -0.15) is 5.26 Å². The minimum absolute atomic E-state index is 0.114.